The third-order valence-corrected chi connectivity index (χ3v) is 9.15. The minimum absolute atomic E-state index is 1.13. The second kappa shape index (κ2) is 6.77. The van der Waals surface area contributed by atoms with Gasteiger partial charge in [-0.1, -0.05) is 52.3 Å². The molecule has 0 amide bonds. The van der Waals surface area contributed by atoms with Crippen molar-refractivity contribution in [1.29, 1.82) is 0 Å². The van der Waals surface area contributed by atoms with E-state index in [4.69, 9.17) is 0 Å². The van der Waals surface area contributed by atoms with E-state index in [1.165, 1.54) is 15.9 Å². The van der Waals surface area contributed by atoms with Crippen molar-refractivity contribution in [2.24, 2.45) is 0 Å². The molecule has 22 heavy (non-hydrogen) atoms. The maximum Gasteiger partial charge on any atom is 0.111 e. The second-order valence-corrected chi connectivity index (χ2v) is 9.99. The maximum absolute atomic E-state index is 3.56. The molecule has 0 atom stereocenters. The predicted molar refractivity (Wildman–Crippen MR) is 103 cm³/mol. The normalized spacial score (nSPS) is 11.4. The van der Waals surface area contributed by atoms with Crippen LogP contribution in [0.15, 0.2) is 89.4 Å². The van der Waals surface area contributed by atoms with Crippen LogP contribution in [0.3, 0.4) is 0 Å². The summed E-state index contributed by atoms with van der Waals surface area (Å²) in [7, 11) is -1.57. The van der Waals surface area contributed by atoms with Crippen molar-refractivity contribution < 1.29 is 0 Å². The maximum atomic E-state index is 3.56. The van der Waals surface area contributed by atoms with Crippen LogP contribution < -0.4 is 15.9 Å². The van der Waals surface area contributed by atoms with E-state index in [2.05, 4.69) is 108 Å². The highest BCUT2D eigenvalue weighted by molar-refractivity contribution is 9.10. The van der Waals surface area contributed by atoms with Crippen molar-refractivity contribution in [2.45, 2.75) is 6.92 Å². The zero-order chi connectivity index (χ0) is 15.4. The molecule has 3 rings (SSSR count). The van der Waals surface area contributed by atoms with Crippen molar-refractivity contribution in [1.82, 2.24) is 0 Å². The number of hydrogen-bond acceptors (Lipinski definition) is 0. The van der Waals surface area contributed by atoms with Gasteiger partial charge in [0.05, 0.1) is 6.16 Å². The zero-order valence-corrected chi connectivity index (χ0v) is 15.1. The van der Waals surface area contributed by atoms with Gasteiger partial charge in [-0.3, -0.25) is 0 Å². The van der Waals surface area contributed by atoms with Crippen molar-refractivity contribution in [3.8, 4) is 0 Å². The first-order valence-corrected chi connectivity index (χ1v) is 10.3. The summed E-state index contributed by atoms with van der Waals surface area (Å²) < 4.78 is 1.13. The molecule has 0 aliphatic rings. The SMILES string of the molecule is CC[P+](c1ccccc1)(c1ccccc1)c1ccc(Br)cc1. The number of rotatable bonds is 4. The molecular weight excluding hydrogens is 351 g/mol. The average molecular weight is 370 g/mol. The van der Waals surface area contributed by atoms with Gasteiger partial charge in [0.1, 0.15) is 23.2 Å². The summed E-state index contributed by atoms with van der Waals surface area (Å²) in [5.74, 6) is 0. The summed E-state index contributed by atoms with van der Waals surface area (Å²) in [5.41, 5.74) is 0. The van der Waals surface area contributed by atoms with Crippen molar-refractivity contribution in [2.75, 3.05) is 6.16 Å². The van der Waals surface area contributed by atoms with Crippen LogP contribution in [0.2, 0.25) is 0 Å². The van der Waals surface area contributed by atoms with E-state index in [0.29, 0.717) is 0 Å². The first-order valence-electron chi connectivity index (χ1n) is 7.53. The zero-order valence-electron chi connectivity index (χ0n) is 12.6. The van der Waals surface area contributed by atoms with Gasteiger partial charge in [0.2, 0.25) is 0 Å². The molecule has 0 aliphatic heterocycles. The lowest BCUT2D eigenvalue weighted by Crippen LogP contribution is -2.32. The third-order valence-electron chi connectivity index (χ3n) is 4.14. The lowest BCUT2D eigenvalue weighted by Gasteiger charge is -2.26. The highest BCUT2D eigenvalue weighted by Crippen LogP contribution is 2.54. The Kier molecular flexibility index (Phi) is 4.76. The van der Waals surface area contributed by atoms with Gasteiger partial charge >= 0.3 is 0 Å². The Morgan fingerprint density at radius 1 is 0.636 bits per heavy atom. The van der Waals surface area contributed by atoms with E-state index in [1.807, 2.05) is 0 Å². The summed E-state index contributed by atoms with van der Waals surface area (Å²) in [6, 6.07) is 30.8. The van der Waals surface area contributed by atoms with Gasteiger partial charge in [0, 0.05) is 4.47 Å². The molecular formula is C20H19BrP+. The van der Waals surface area contributed by atoms with E-state index < -0.39 is 7.26 Å². The van der Waals surface area contributed by atoms with Gasteiger partial charge in [0.25, 0.3) is 0 Å². The minimum Gasteiger partial charge on any atom is -0.0620 e. The Morgan fingerprint density at radius 3 is 1.45 bits per heavy atom. The van der Waals surface area contributed by atoms with Crippen molar-refractivity contribution in [3.05, 3.63) is 89.4 Å². The fraction of sp³-hybridized carbons (Fsp3) is 0.100. The molecule has 2 heteroatoms. The number of hydrogen-bond donors (Lipinski definition) is 0. The topological polar surface area (TPSA) is 0 Å². The second-order valence-electron chi connectivity index (χ2n) is 5.27. The summed E-state index contributed by atoms with van der Waals surface area (Å²) in [6.45, 7) is 2.32. The Hall–Kier alpha value is -1.43. The molecule has 0 bridgehead atoms. The fourth-order valence-electron chi connectivity index (χ4n) is 3.06. The first-order chi connectivity index (χ1) is 10.8. The Bertz CT molecular complexity index is 681. The van der Waals surface area contributed by atoms with Gasteiger partial charge in [0.15, 0.2) is 0 Å². The van der Waals surface area contributed by atoms with Gasteiger partial charge in [-0.05, 0) is 55.5 Å². The van der Waals surface area contributed by atoms with Gasteiger partial charge in [-0.2, -0.15) is 0 Å². The first kappa shape index (κ1) is 15.5. The van der Waals surface area contributed by atoms with Crippen LogP contribution >= 0.6 is 23.2 Å². The predicted octanol–water partition coefficient (Wildman–Crippen LogP) is 4.76. The fourth-order valence-corrected chi connectivity index (χ4v) is 7.33. The van der Waals surface area contributed by atoms with Crippen LogP contribution in [0.25, 0.3) is 0 Å². The molecule has 0 spiro atoms. The largest absolute Gasteiger partial charge is 0.111 e. The van der Waals surface area contributed by atoms with Crippen LogP contribution in [-0.4, -0.2) is 6.16 Å². The lowest BCUT2D eigenvalue weighted by atomic mass is 10.4. The standard InChI is InChI=1S/C20H19BrP/c1-2-22(18-9-5-3-6-10-18,19-11-7-4-8-12-19)20-15-13-17(21)14-16-20/h3-16H,2H2,1H3/q+1. The van der Waals surface area contributed by atoms with E-state index in [-0.39, 0.29) is 0 Å². The molecule has 0 N–H and O–H groups in total. The Morgan fingerprint density at radius 2 is 1.05 bits per heavy atom. The molecule has 0 fully saturated rings. The summed E-state index contributed by atoms with van der Waals surface area (Å²) in [6.07, 6.45) is 1.13. The molecule has 3 aromatic carbocycles. The Labute approximate surface area is 141 Å². The average Bonchev–Trinajstić information content (AvgIpc) is 2.59. The van der Waals surface area contributed by atoms with E-state index >= 15 is 0 Å². The highest BCUT2D eigenvalue weighted by atomic mass is 79.9. The Balaban J connectivity index is 2.28. The molecule has 0 radical (unpaired) electrons. The number of halogens is 1. The quantitative estimate of drug-likeness (QED) is 0.581. The van der Waals surface area contributed by atoms with Crippen molar-refractivity contribution >= 4 is 39.1 Å². The molecule has 0 unspecified atom stereocenters. The van der Waals surface area contributed by atoms with E-state index in [1.54, 1.807) is 0 Å². The monoisotopic (exact) mass is 369 g/mol. The molecule has 0 saturated carbocycles. The lowest BCUT2D eigenvalue weighted by molar-refractivity contribution is 1.48. The summed E-state index contributed by atoms with van der Waals surface area (Å²) >= 11 is 3.56. The van der Waals surface area contributed by atoms with E-state index in [9.17, 15) is 0 Å². The van der Waals surface area contributed by atoms with Gasteiger partial charge in [-0.25, -0.2) is 0 Å². The van der Waals surface area contributed by atoms with Crippen LogP contribution in [0.4, 0.5) is 0 Å². The molecule has 3 aromatic rings. The number of benzene rings is 3. The minimum atomic E-state index is -1.57. The van der Waals surface area contributed by atoms with Crippen molar-refractivity contribution in [3.63, 3.8) is 0 Å². The van der Waals surface area contributed by atoms with Crippen LogP contribution in [0.1, 0.15) is 6.92 Å². The smallest absolute Gasteiger partial charge is 0.0620 e. The van der Waals surface area contributed by atoms with E-state index in [0.717, 1.165) is 10.6 Å². The van der Waals surface area contributed by atoms with Crippen LogP contribution in [-0.2, 0) is 0 Å². The molecule has 0 heterocycles. The third kappa shape index (κ3) is 2.76. The summed E-state index contributed by atoms with van der Waals surface area (Å²) in [4.78, 5) is 0. The summed E-state index contributed by atoms with van der Waals surface area (Å²) in [5, 5.41) is 4.34. The molecule has 0 aromatic heterocycles. The highest BCUT2D eigenvalue weighted by Gasteiger charge is 2.43. The molecule has 0 nitrogen and oxygen atoms in total. The molecule has 0 aliphatic carbocycles. The van der Waals surface area contributed by atoms with Gasteiger partial charge in [-0.15, -0.1) is 0 Å². The molecule has 0 saturated heterocycles. The van der Waals surface area contributed by atoms with Gasteiger partial charge < -0.3 is 0 Å². The van der Waals surface area contributed by atoms with Crippen LogP contribution in [0.5, 0.6) is 0 Å². The molecule has 110 valence electrons. The van der Waals surface area contributed by atoms with Crippen LogP contribution in [0, 0.1) is 0 Å².